The molecule has 2 heterocycles. The minimum atomic E-state index is 0.0329. The summed E-state index contributed by atoms with van der Waals surface area (Å²) in [5, 5.41) is 3.17. The molecule has 2 N–H and O–H groups in total. The SMILES string of the molecule is CC1SCCN(C(=O)c2csc(CCN)n2)C1c1ccccc1. The summed E-state index contributed by atoms with van der Waals surface area (Å²) in [6.45, 7) is 3.52. The maximum Gasteiger partial charge on any atom is 0.273 e. The summed E-state index contributed by atoms with van der Waals surface area (Å²) in [5.41, 5.74) is 7.32. The summed E-state index contributed by atoms with van der Waals surface area (Å²) < 4.78 is 0. The van der Waals surface area contributed by atoms with Crippen LogP contribution in [0.4, 0.5) is 0 Å². The third kappa shape index (κ3) is 3.59. The molecule has 1 aromatic carbocycles. The lowest BCUT2D eigenvalue weighted by Gasteiger charge is -2.39. The van der Waals surface area contributed by atoms with Crippen molar-refractivity contribution in [3.8, 4) is 0 Å². The van der Waals surface area contributed by atoms with Crippen LogP contribution in [0.15, 0.2) is 35.7 Å². The molecule has 1 saturated heterocycles. The molecule has 6 heteroatoms. The van der Waals surface area contributed by atoms with E-state index in [4.69, 9.17) is 5.73 Å². The summed E-state index contributed by atoms with van der Waals surface area (Å²) >= 11 is 3.44. The number of nitrogens with two attached hydrogens (primary N) is 1. The van der Waals surface area contributed by atoms with Crippen LogP contribution in [0.2, 0.25) is 0 Å². The molecule has 1 amide bonds. The fourth-order valence-corrected chi connectivity index (χ4v) is 4.89. The second-order valence-electron chi connectivity index (χ2n) is 5.60. The molecular formula is C17H21N3OS2. The van der Waals surface area contributed by atoms with Crippen LogP contribution in [0, 0.1) is 0 Å². The number of thioether (sulfide) groups is 1. The second kappa shape index (κ2) is 7.47. The molecular weight excluding hydrogens is 326 g/mol. The Balaban J connectivity index is 1.86. The molecule has 2 atom stereocenters. The highest BCUT2D eigenvalue weighted by atomic mass is 32.2. The van der Waals surface area contributed by atoms with Gasteiger partial charge in [0.1, 0.15) is 5.69 Å². The molecule has 1 aliphatic rings. The van der Waals surface area contributed by atoms with E-state index in [0.29, 0.717) is 17.5 Å². The molecule has 2 aromatic rings. The van der Waals surface area contributed by atoms with E-state index in [2.05, 4.69) is 24.0 Å². The van der Waals surface area contributed by atoms with Crippen LogP contribution < -0.4 is 5.73 Å². The van der Waals surface area contributed by atoms with Crippen LogP contribution in [-0.2, 0) is 6.42 Å². The molecule has 1 fully saturated rings. The average Bonchev–Trinajstić information content (AvgIpc) is 3.04. The van der Waals surface area contributed by atoms with Crippen molar-refractivity contribution < 1.29 is 4.79 Å². The predicted molar refractivity (Wildman–Crippen MR) is 97.0 cm³/mol. The lowest BCUT2D eigenvalue weighted by molar-refractivity contribution is 0.0675. The van der Waals surface area contributed by atoms with E-state index in [0.717, 1.165) is 23.7 Å². The highest BCUT2D eigenvalue weighted by molar-refractivity contribution is 8.00. The van der Waals surface area contributed by atoms with Crippen LogP contribution in [-0.4, -0.2) is 39.9 Å². The van der Waals surface area contributed by atoms with Gasteiger partial charge in [0.15, 0.2) is 0 Å². The van der Waals surface area contributed by atoms with E-state index in [9.17, 15) is 4.79 Å². The lowest BCUT2D eigenvalue weighted by atomic mass is 10.0. The number of benzene rings is 1. The van der Waals surface area contributed by atoms with Crippen LogP contribution in [0.25, 0.3) is 0 Å². The number of nitrogens with zero attached hydrogens (tertiary/aromatic N) is 2. The van der Waals surface area contributed by atoms with Crippen molar-refractivity contribution in [1.82, 2.24) is 9.88 Å². The minimum absolute atomic E-state index is 0.0329. The minimum Gasteiger partial charge on any atom is -0.330 e. The standard InChI is InChI=1S/C17H21N3OS2/c1-12-16(13-5-3-2-4-6-13)20(9-10-22-12)17(21)14-11-23-15(19-14)7-8-18/h2-6,11-12,16H,7-10,18H2,1H3. The molecule has 0 aliphatic carbocycles. The summed E-state index contributed by atoms with van der Waals surface area (Å²) in [6, 6.07) is 10.4. The molecule has 0 saturated carbocycles. The lowest BCUT2D eigenvalue weighted by Crippen LogP contribution is -2.44. The zero-order chi connectivity index (χ0) is 16.2. The van der Waals surface area contributed by atoms with Crippen LogP contribution in [0.5, 0.6) is 0 Å². The van der Waals surface area contributed by atoms with Crippen LogP contribution in [0.3, 0.4) is 0 Å². The van der Waals surface area contributed by atoms with Gasteiger partial charge in [0.2, 0.25) is 0 Å². The first-order valence-electron chi connectivity index (χ1n) is 7.82. The van der Waals surface area contributed by atoms with E-state index in [-0.39, 0.29) is 11.9 Å². The van der Waals surface area contributed by atoms with E-state index in [1.165, 1.54) is 16.9 Å². The topological polar surface area (TPSA) is 59.2 Å². The maximum absolute atomic E-state index is 13.0. The molecule has 0 bridgehead atoms. The van der Waals surface area contributed by atoms with Crippen molar-refractivity contribution in [3.63, 3.8) is 0 Å². The Kier molecular flexibility index (Phi) is 5.35. The molecule has 23 heavy (non-hydrogen) atoms. The maximum atomic E-state index is 13.0. The molecule has 3 rings (SSSR count). The number of carbonyl (C=O) groups excluding carboxylic acids is 1. The van der Waals surface area contributed by atoms with Gasteiger partial charge in [0.25, 0.3) is 5.91 Å². The van der Waals surface area contributed by atoms with Gasteiger partial charge < -0.3 is 10.6 Å². The van der Waals surface area contributed by atoms with E-state index in [1.807, 2.05) is 40.2 Å². The van der Waals surface area contributed by atoms with Gasteiger partial charge in [-0.3, -0.25) is 4.79 Å². The summed E-state index contributed by atoms with van der Waals surface area (Å²) in [5.74, 6) is 1.00. The van der Waals surface area contributed by atoms with Crippen molar-refractivity contribution >= 4 is 29.0 Å². The van der Waals surface area contributed by atoms with Gasteiger partial charge in [0.05, 0.1) is 11.0 Å². The van der Waals surface area contributed by atoms with E-state index >= 15 is 0 Å². The number of carbonyl (C=O) groups is 1. The molecule has 122 valence electrons. The van der Waals surface area contributed by atoms with Gasteiger partial charge in [-0.25, -0.2) is 4.98 Å². The van der Waals surface area contributed by atoms with Gasteiger partial charge in [-0.05, 0) is 12.1 Å². The number of rotatable bonds is 4. The van der Waals surface area contributed by atoms with Crippen molar-refractivity contribution in [2.75, 3.05) is 18.8 Å². The normalized spacial score (nSPS) is 21.4. The largest absolute Gasteiger partial charge is 0.330 e. The Hall–Kier alpha value is -1.37. The third-order valence-corrected chi connectivity index (χ3v) is 6.13. The Morgan fingerprint density at radius 1 is 1.39 bits per heavy atom. The summed E-state index contributed by atoms with van der Waals surface area (Å²) in [7, 11) is 0. The van der Waals surface area contributed by atoms with Gasteiger partial charge in [-0.15, -0.1) is 11.3 Å². The second-order valence-corrected chi connectivity index (χ2v) is 8.02. The van der Waals surface area contributed by atoms with Crippen molar-refractivity contribution in [2.45, 2.75) is 24.6 Å². The van der Waals surface area contributed by atoms with Gasteiger partial charge in [-0.1, -0.05) is 37.3 Å². The fraction of sp³-hybridized carbons (Fsp3) is 0.412. The third-order valence-electron chi connectivity index (χ3n) is 4.02. The highest BCUT2D eigenvalue weighted by Gasteiger charge is 2.34. The Morgan fingerprint density at radius 2 is 2.17 bits per heavy atom. The Labute approximate surface area is 145 Å². The van der Waals surface area contributed by atoms with Gasteiger partial charge in [-0.2, -0.15) is 11.8 Å². The molecule has 2 unspecified atom stereocenters. The Morgan fingerprint density at radius 3 is 2.91 bits per heavy atom. The first-order chi connectivity index (χ1) is 11.2. The molecule has 0 radical (unpaired) electrons. The number of aromatic nitrogens is 1. The fourth-order valence-electron chi connectivity index (χ4n) is 2.94. The number of hydrogen-bond donors (Lipinski definition) is 1. The predicted octanol–water partition coefficient (Wildman–Crippen LogP) is 2.96. The molecule has 0 spiro atoms. The van der Waals surface area contributed by atoms with E-state index < -0.39 is 0 Å². The van der Waals surface area contributed by atoms with Gasteiger partial charge >= 0.3 is 0 Å². The van der Waals surface area contributed by atoms with Crippen LogP contribution >= 0.6 is 23.1 Å². The summed E-state index contributed by atoms with van der Waals surface area (Å²) in [4.78, 5) is 19.4. The monoisotopic (exact) mass is 347 g/mol. The quantitative estimate of drug-likeness (QED) is 0.924. The highest BCUT2D eigenvalue weighted by Crippen LogP contribution is 2.36. The average molecular weight is 348 g/mol. The van der Waals surface area contributed by atoms with Crippen molar-refractivity contribution in [3.05, 3.63) is 52.0 Å². The van der Waals surface area contributed by atoms with Crippen LogP contribution in [0.1, 0.15) is 34.0 Å². The zero-order valence-electron chi connectivity index (χ0n) is 13.1. The number of amides is 1. The first-order valence-corrected chi connectivity index (χ1v) is 9.75. The van der Waals surface area contributed by atoms with Crippen molar-refractivity contribution in [1.29, 1.82) is 0 Å². The smallest absolute Gasteiger partial charge is 0.273 e. The van der Waals surface area contributed by atoms with Gasteiger partial charge in [0, 0.05) is 29.3 Å². The summed E-state index contributed by atoms with van der Waals surface area (Å²) in [6.07, 6.45) is 0.728. The zero-order valence-corrected chi connectivity index (χ0v) is 14.8. The molecule has 4 nitrogen and oxygen atoms in total. The number of hydrogen-bond acceptors (Lipinski definition) is 5. The van der Waals surface area contributed by atoms with Crippen molar-refractivity contribution in [2.24, 2.45) is 5.73 Å². The molecule has 1 aromatic heterocycles. The first kappa shape index (κ1) is 16.5. The molecule has 1 aliphatic heterocycles. The number of thiazole rings is 1. The van der Waals surface area contributed by atoms with E-state index in [1.54, 1.807) is 0 Å². The Bertz CT molecular complexity index is 659.